The van der Waals surface area contributed by atoms with Crippen molar-refractivity contribution in [1.82, 2.24) is 0 Å². The number of nitrogens with zero attached hydrogens (tertiary/aromatic N) is 3. The molecule has 3 nitrogen and oxygen atoms in total. The molecule has 2 aromatic rings. The van der Waals surface area contributed by atoms with Crippen LogP contribution in [0.15, 0.2) is 58.8 Å². The molecule has 0 aliphatic heterocycles. The van der Waals surface area contributed by atoms with Crippen molar-refractivity contribution in [2.24, 2.45) is 10.2 Å². The van der Waals surface area contributed by atoms with E-state index in [0.717, 1.165) is 56.1 Å². The molecule has 0 N–H and O–H groups in total. The smallest absolute Gasteiger partial charge is 0.123 e. The van der Waals surface area contributed by atoms with Gasteiger partial charge in [-0.05, 0) is 73.9 Å². The van der Waals surface area contributed by atoms with E-state index in [-0.39, 0.29) is 17.7 Å². The van der Waals surface area contributed by atoms with Gasteiger partial charge in [0, 0.05) is 7.05 Å². The lowest BCUT2D eigenvalue weighted by Crippen LogP contribution is -2.25. The Morgan fingerprint density at radius 3 is 2.00 bits per heavy atom. The Morgan fingerprint density at radius 2 is 1.39 bits per heavy atom. The van der Waals surface area contributed by atoms with E-state index < -0.39 is 5.41 Å². The van der Waals surface area contributed by atoms with Crippen LogP contribution in [0.1, 0.15) is 114 Å². The van der Waals surface area contributed by atoms with E-state index >= 15 is 0 Å². The first-order chi connectivity index (χ1) is 18.5. The molecule has 2 unspecified atom stereocenters. The number of hydrogen-bond donors (Lipinski definition) is 0. The molecule has 208 valence electrons. The Bertz CT molecular complexity index is 984. The Kier molecular flexibility index (Phi) is 15.5. The van der Waals surface area contributed by atoms with Crippen LogP contribution in [0, 0.1) is 23.0 Å². The third kappa shape index (κ3) is 11.8. The molecule has 38 heavy (non-hydrogen) atoms. The molecule has 2 rings (SSSR count). The molecular formula is C33H47F2N3. The van der Waals surface area contributed by atoms with Gasteiger partial charge in [-0.25, -0.2) is 8.78 Å². The Balaban J connectivity index is 1.91. The molecule has 0 aliphatic carbocycles. The van der Waals surface area contributed by atoms with Gasteiger partial charge >= 0.3 is 0 Å². The van der Waals surface area contributed by atoms with E-state index in [4.69, 9.17) is 0 Å². The fourth-order valence-corrected chi connectivity index (χ4v) is 5.38. The van der Waals surface area contributed by atoms with Crippen molar-refractivity contribution in [2.45, 2.75) is 121 Å². The van der Waals surface area contributed by atoms with Gasteiger partial charge in [0.2, 0.25) is 0 Å². The van der Waals surface area contributed by atoms with Crippen molar-refractivity contribution in [2.75, 3.05) is 7.05 Å². The average molecular weight is 524 g/mol. The Morgan fingerprint density at radius 1 is 0.789 bits per heavy atom. The summed E-state index contributed by atoms with van der Waals surface area (Å²) < 4.78 is 27.7. The predicted octanol–water partition coefficient (Wildman–Crippen LogP) is 10.3. The van der Waals surface area contributed by atoms with Gasteiger partial charge < -0.3 is 0 Å². The van der Waals surface area contributed by atoms with Gasteiger partial charge in [0.05, 0.1) is 17.5 Å². The maximum atomic E-state index is 14.1. The first-order valence-electron chi connectivity index (χ1n) is 14.7. The standard InChI is InChI=1S/C33H47F2N3/c1-3-4-5-6-7-8-9-10-11-12-23-33(27-36,29-17-14-19-31(35)26-29)24-15-20-32(38-37-2)22-21-28-16-13-18-30(34)25-28/h13-14,16-19,25-26,32H,3-12,15,20-24H2,1-2H3. The zero-order chi connectivity index (χ0) is 27.5. The van der Waals surface area contributed by atoms with Crippen LogP contribution in [0.5, 0.6) is 0 Å². The number of unbranched alkanes of at least 4 members (excludes halogenated alkanes) is 9. The topological polar surface area (TPSA) is 48.5 Å². The minimum absolute atomic E-state index is 0.0181. The van der Waals surface area contributed by atoms with Crippen LogP contribution in [0.4, 0.5) is 8.78 Å². The molecule has 0 bridgehead atoms. The zero-order valence-electron chi connectivity index (χ0n) is 23.6. The number of benzene rings is 2. The lowest BCUT2D eigenvalue weighted by Gasteiger charge is -2.28. The van der Waals surface area contributed by atoms with Gasteiger partial charge in [-0.3, -0.25) is 0 Å². The van der Waals surface area contributed by atoms with Crippen molar-refractivity contribution in [1.29, 1.82) is 5.26 Å². The van der Waals surface area contributed by atoms with E-state index in [1.165, 1.54) is 69.6 Å². The minimum atomic E-state index is -0.696. The monoisotopic (exact) mass is 523 g/mol. The van der Waals surface area contributed by atoms with E-state index in [2.05, 4.69) is 23.2 Å². The highest BCUT2D eigenvalue weighted by molar-refractivity contribution is 5.32. The highest BCUT2D eigenvalue weighted by atomic mass is 19.1. The molecule has 2 aromatic carbocycles. The SMILES string of the molecule is CCCCCCCCCCCCC(C#N)(CCCC(CCc1cccc(F)c1)N=NC)c1cccc(F)c1. The Labute approximate surface area is 229 Å². The second kappa shape index (κ2) is 18.6. The summed E-state index contributed by atoms with van der Waals surface area (Å²) in [6.07, 6.45) is 16.9. The highest BCUT2D eigenvalue weighted by Crippen LogP contribution is 2.36. The van der Waals surface area contributed by atoms with Crippen LogP contribution in [-0.4, -0.2) is 13.1 Å². The molecule has 0 spiro atoms. The molecule has 0 aromatic heterocycles. The van der Waals surface area contributed by atoms with Crippen molar-refractivity contribution < 1.29 is 8.78 Å². The number of rotatable bonds is 20. The van der Waals surface area contributed by atoms with E-state index in [0.29, 0.717) is 6.42 Å². The maximum Gasteiger partial charge on any atom is 0.123 e. The van der Waals surface area contributed by atoms with Crippen molar-refractivity contribution in [3.05, 3.63) is 71.3 Å². The first kappa shape index (κ1) is 31.6. The van der Waals surface area contributed by atoms with Crippen molar-refractivity contribution in [3.63, 3.8) is 0 Å². The van der Waals surface area contributed by atoms with Crippen molar-refractivity contribution in [3.8, 4) is 6.07 Å². The number of nitriles is 1. The molecule has 0 heterocycles. The number of hydrogen-bond acceptors (Lipinski definition) is 3. The summed E-state index contributed by atoms with van der Waals surface area (Å²) in [5.74, 6) is -0.519. The van der Waals surface area contributed by atoms with Gasteiger partial charge in [-0.15, -0.1) is 0 Å². The van der Waals surface area contributed by atoms with Gasteiger partial charge in [0.25, 0.3) is 0 Å². The van der Waals surface area contributed by atoms with Gasteiger partial charge in [-0.1, -0.05) is 95.4 Å². The Hall–Kier alpha value is -2.61. The summed E-state index contributed by atoms with van der Waals surface area (Å²) in [4.78, 5) is 0. The van der Waals surface area contributed by atoms with Crippen LogP contribution < -0.4 is 0 Å². The predicted molar refractivity (Wildman–Crippen MR) is 153 cm³/mol. The van der Waals surface area contributed by atoms with E-state index in [1.807, 2.05) is 12.1 Å². The lowest BCUT2D eigenvalue weighted by molar-refractivity contribution is 0.398. The average Bonchev–Trinajstić information content (AvgIpc) is 2.92. The van der Waals surface area contributed by atoms with Crippen molar-refractivity contribution >= 4 is 0 Å². The number of aryl methyl sites for hydroxylation is 1. The van der Waals surface area contributed by atoms with Crippen LogP contribution in [0.2, 0.25) is 0 Å². The summed E-state index contributed by atoms with van der Waals surface area (Å²) in [6, 6.07) is 15.9. The van der Waals surface area contributed by atoms with Crippen LogP contribution in [-0.2, 0) is 11.8 Å². The normalized spacial score (nSPS) is 13.9. The number of azo groups is 1. The fraction of sp³-hybridized carbons (Fsp3) is 0.606. The van der Waals surface area contributed by atoms with E-state index in [9.17, 15) is 14.0 Å². The molecule has 0 radical (unpaired) electrons. The largest absolute Gasteiger partial charge is 0.207 e. The molecule has 0 saturated carbocycles. The fourth-order valence-electron chi connectivity index (χ4n) is 5.38. The molecular weight excluding hydrogens is 476 g/mol. The number of halogens is 2. The quantitative estimate of drug-likeness (QED) is 0.126. The van der Waals surface area contributed by atoms with Crippen LogP contribution >= 0.6 is 0 Å². The van der Waals surface area contributed by atoms with E-state index in [1.54, 1.807) is 25.2 Å². The summed E-state index contributed by atoms with van der Waals surface area (Å²) in [5.41, 5.74) is 1.04. The third-order valence-corrected chi connectivity index (χ3v) is 7.62. The second-order valence-corrected chi connectivity index (χ2v) is 10.7. The molecule has 2 atom stereocenters. The second-order valence-electron chi connectivity index (χ2n) is 10.7. The summed E-state index contributed by atoms with van der Waals surface area (Å²) >= 11 is 0. The molecule has 0 aliphatic rings. The molecule has 0 fully saturated rings. The highest BCUT2D eigenvalue weighted by Gasteiger charge is 2.32. The zero-order valence-corrected chi connectivity index (χ0v) is 23.6. The van der Waals surface area contributed by atoms with Gasteiger partial charge in [-0.2, -0.15) is 15.5 Å². The van der Waals surface area contributed by atoms with Crippen LogP contribution in [0.25, 0.3) is 0 Å². The third-order valence-electron chi connectivity index (χ3n) is 7.62. The van der Waals surface area contributed by atoms with Crippen LogP contribution in [0.3, 0.4) is 0 Å². The molecule has 5 heteroatoms. The van der Waals surface area contributed by atoms with Gasteiger partial charge in [0.1, 0.15) is 11.6 Å². The van der Waals surface area contributed by atoms with Gasteiger partial charge in [0.15, 0.2) is 0 Å². The summed E-state index contributed by atoms with van der Waals surface area (Å²) in [5, 5.41) is 18.8. The first-order valence-corrected chi connectivity index (χ1v) is 14.7. The summed E-state index contributed by atoms with van der Waals surface area (Å²) in [6.45, 7) is 2.25. The summed E-state index contributed by atoms with van der Waals surface area (Å²) in [7, 11) is 1.67. The molecule has 0 amide bonds. The lowest BCUT2D eigenvalue weighted by atomic mass is 9.73. The maximum absolute atomic E-state index is 14.1. The minimum Gasteiger partial charge on any atom is -0.207 e. The molecule has 0 saturated heterocycles.